The summed E-state index contributed by atoms with van der Waals surface area (Å²) in [5, 5.41) is 3.39. The number of likely N-dealkylation sites (N-methyl/N-ethyl adjacent to an activating group) is 1. The number of benzene rings is 1. The zero-order valence-corrected chi connectivity index (χ0v) is 17.4. The first-order chi connectivity index (χ1) is 11.7. The summed E-state index contributed by atoms with van der Waals surface area (Å²) in [6.07, 6.45) is 5.29. The number of nitrogens with zero attached hydrogens (tertiary/aromatic N) is 2. The van der Waals surface area contributed by atoms with Crippen molar-refractivity contribution in [3.63, 3.8) is 0 Å². The molecule has 0 aliphatic carbocycles. The minimum absolute atomic E-state index is 0. The van der Waals surface area contributed by atoms with E-state index in [0.717, 1.165) is 45.6 Å². The summed E-state index contributed by atoms with van der Waals surface area (Å²) in [6, 6.07) is 11.0. The maximum absolute atomic E-state index is 12.6. The Labute approximate surface area is 170 Å². The first kappa shape index (κ1) is 23.2. The zero-order valence-electron chi connectivity index (χ0n) is 15.7. The molecule has 0 aromatic heterocycles. The van der Waals surface area contributed by atoms with Gasteiger partial charge >= 0.3 is 0 Å². The van der Waals surface area contributed by atoms with E-state index in [4.69, 9.17) is 0 Å². The number of carbonyl (C=O) groups is 1. The highest BCUT2D eigenvalue weighted by Crippen LogP contribution is 2.20. The predicted molar refractivity (Wildman–Crippen MR) is 112 cm³/mol. The van der Waals surface area contributed by atoms with Crippen LogP contribution in [0.1, 0.15) is 37.7 Å². The first-order valence-corrected chi connectivity index (χ1v) is 9.45. The van der Waals surface area contributed by atoms with Crippen LogP contribution in [0.25, 0.3) is 0 Å². The Morgan fingerprint density at radius 1 is 1.23 bits per heavy atom. The lowest BCUT2D eigenvalue weighted by Gasteiger charge is -2.38. The molecule has 1 amide bonds. The number of carbonyl (C=O) groups excluding carboxylic acids is 1. The number of likely N-dealkylation sites (tertiary alicyclic amines) is 1. The maximum Gasteiger partial charge on any atom is 0.222 e. The highest BCUT2D eigenvalue weighted by atomic mass is 35.5. The van der Waals surface area contributed by atoms with Crippen LogP contribution in [-0.4, -0.2) is 55.0 Å². The number of amides is 1. The van der Waals surface area contributed by atoms with E-state index in [0.29, 0.717) is 24.3 Å². The molecule has 0 spiro atoms. The Morgan fingerprint density at radius 2 is 2.00 bits per heavy atom. The average molecular weight is 402 g/mol. The Hall–Kier alpha value is -0.810. The highest BCUT2D eigenvalue weighted by Gasteiger charge is 2.26. The van der Waals surface area contributed by atoms with Crippen LogP contribution >= 0.6 is 24.8 Å². The molecular formula is C20H33Cl2N3O. The van der Waals surface area contributed by atoms with Gasteiger partial charge in [0.2, 0.25) is 5.91 Å². The fourth-order valence-electron chi connectivity index (χ4n) is 4.00. The number of hydrogen-bond acceptors (Lipinski definition) is 3. The van der Waals surface area contributed by atoms with E-state index in [1.54, 1.807) is 0 Å². The molecule has 0 bridgehead atoms. The largest absolute Gasteiger partial charge is 0.341 e. The van der Waals surface area contributed by atoms with E-state index >= 15 is 0 Å². The number of hydrogen-bond donors (Lipinski definition) is 1. The molecule has 3 rings (SSSR count). The summed E-state index contributed by atoms with van der Waals surface area (Å²) in [7, 11) is 2.01. The minimum atomic E-state index is 0. The van der Waals surface area contributed by atoms with Crippen LogP contribution in [0.2, 0.25) is 0 Å². The molecule has 1 N–H and O–H groups in total. The molecule has 2 heterocycles. The molecule has 4 nitrogen and oxygen atoms in total. The van der Waals surface area contributed by atoms with Gasteiger partial charge in [-0.2, -0.15) is 0 Å². The van der Waals surface area contributed by atoms with E-state index in [9.17, 15) is 4.79 Å². The van der Waals surface area contributed by atoms with Crippen LogP contribution in [-0.2, 0) is 11.3 Å². The normalized spacial score (nSPS) is 23.0. The van der Waals surface area contributed by atoms with Gasteiger partial charge < -0.3 is 10.2 Å². The minimum Gasteiger partial charge on any atom is -0.341 e. The standard InChI is InChI=1S/C20H31N3O.2ClH/c1-22(20(24)10-9-17-11-12-21-14-17)19-8-5-13-23(16-19)15-18-6-3-2-4-7-18;;/h2-4,6-7,17,19,21H,5,8-16H2,1H3;2*1H. The van der Waals surface area contributed by atoms with Gasteiger partial charge in [0.15, 0.2) is 0 Å². The molecule has 2 atom stereocenters. The quantitative estimate of drug-likeness (QED) is 0.793. The third-order valence-electron chi connectivity index (χ3n) is 5.60. The average Bonchev–Trinajstić information content (AvgIpc) is 3.14. The fraction of sp³-hybridized carbons (Fsp3) is 0.650. The second-order valence-electron chi connectivity index (χ2n) is 7.42. The van der Waals surface area contributed by atoms with Gasteiger partial charge in [0.05, 0.1) is 0 Å². The number of nitrogens with one attached hydrogen (secondary N) is 1. The van der Waals surface area contributed by atoms with Gasteiger partial charge in [0.25, 0.3) is 0 Å². The summed E-state index contributed by atoms with van der Waals surface area (Å²) in [6.45, 7) is 5.34. The fourth-order valence-corrected chi connectivity index (χ4v) is 4.00. The molecule has 2 fully saturated rings. The van der Waals surface area contributed by atoms with Gasteiger partial charge in [-0.15, -0.1) is 24.8 Å². The Balaban J connectivity index is 0.00000169. The van der Waals surface area contributed by atoms with Crippen molar-refractivity contribution in [3.05, 3.63) is 35.9 Å². The van der Waals surface area contributed by atoms with Crippen LogP contribution in [0.4, 0.5) is 0 Å². The van der Waals surface area contributed by atoms with Crippen molar-refractivity contribution in [1.29, 1.82) is 0 Å². The summed E-state index contributed by atoms with van der Waals surface area (Å²) in [4.78, 5) is 17.1. The molecule has 0 radical (unpaired) electrons. The predicted octanol–water partition coefficient (Wildman–Crippen LogP) is 3.34. The molecule has 2 aliphatic heterocycles. The second-order valence-corrected chi connectivity index (χ2v) is 7.42. The summed E-state index contributed by atoms with van der Waals surface area (Å²) in [5.74, 6) is 1.02. The molecule has 1 aromatic rings. The molecule has 2 saturated heterocycles. The zero-order chi connectivity index (χ0) is 16.8. The van der Waals surface area contributed by atoms with Crippen LogP contribution in [0.3, 0.4) is 0 Å². The highest BCUT2D eigenvalue weighted by molar-refractivity contribution is 5.85. The van der Waals surface area contributed by atoms with Crippen molar-refractivity contribution in [1.82, 2.24) is 15.1 Å². The van der Waals surface area contributed by atoms with Gasteiger partial charge in [-0.1, -0.05) is 30.3 Å². The molecular weight excluding hydrogens is 369 g/mol. The maximum atomic E-state index is 12.6. The van der Waals surface area contributed by atoms with Crippen molar-refractivity contribution >= 4 is 30.7 Å². The van der Waals surface area contributed by atoms with Crippen LogP contribution in [0.15, 0.2) is 30.3 Å². The Bertz CT molecular complexity index is 523. The van der Waals surface area contributed by atoms with Gasteiger partial charge in [-0.25, -0.2) is 0 Å². The Morgan fingerprint density at radius 3 is 2.69 bits per heavy atom. The van der Waals surface area contributed by atoms with E-state index in [-0.39, 0.29) is 24.8 Å². The van der Waals surface area contributed by atoms with E-state index in [1.165, 1.54) is 18.4 Å². The molecule has 0 saturated carbocycles. The van der Waals surface area contributed by atoms with Gasteiger partial charge in [-0.3, -0.25) is 9.69 Å². The van der Waals surface area contributed by atoms with E-state index < -0.39 is 0 Å². The third-order valence-corrected chi connectivity index (χ3v) is 5.60. The number of piperidine rings is 1. The molecule has 1 aromatic carbocycles. The lowest BCUT2D eigenvalue weighted by atomic mass is 10.00. The molecule has 26 heavy (non-hydrogen) atoms. The second kappa shape index (κ2) is 11.8. The van der Waals surface area contributed by atoms with Crippen molar-refractivity contribution < 1.29 is 4.79 Å². The molecule has 2 unspecified atom stereocenters. The molecule has 148 valence electrons. The van der Waals surface area contributed by atoms with Crippen molar-refractivity contribution in [2.24, 2.45) is 5.92 Å². The van der Waals surface area contributed by atoms with Crippen molar-refractivity contribution in [2.45, 2.75) is 44.7 Å². The monoisotopic (exact) mass is 401 g/mol. The van der Waals surface area contributed by atoms with Gasteiger partial charge in [-0.05, 0) is 56.8 Å². The summed E-state index contributed by atoms with van der Waals surface area (Å²) < 4.78 is 0. The Kier molecular flexibility index (Phi) is 10.6. The van der Waals surface area contributed by atoms with Crippen molar-refractivity contribution in [2.75, 3.05) is 33.2 Å². The van der Waals surface area contributed by atoms with E-state index in [1.807, 2.05) is 11.9 Å². The number of halogens is 2. The van der Waals surface area contributed by atoms with Gasteiger partial charge in [0, 0.05) is 32.6 Å². The summed E-state index contributed by atoms with van der Waals surface area (Å²) >= 11 is 0. The first-order valence-electron chi connectivity index (χ1n) is 9.45. The SMILES string of the molecule is CN(C(=O)CCC1CCNC1)C1CCCN(Cc2ccccc2)C1.Cl.Cl. The smallest absolute Gasteiger partial charge is 0.222 e. The lowest BCUT2D eigenvalue weighted by molar-refractivity contribution is -0.133. The third kappa shape index (κ3) is 6.73. The molecule has 6 heteroatoms. The van der Waals surface area contributed by atoms with Crippen LogP contribution < -0.4 is 5.32 Å². The number of rotatable bonds is 6. The van der Waals surface area contributed by atoms with Gasteiger partial charge in [0.1, 0.15) is 0 Å². The molecule has 2 aliphatic rings. The lowest BCUT2D eigenvalue weighted by Crippen LogP contribution is -2.48. The topological polar surface area (TPSA) is 35.6 Å². The van der Waals surface area contributed by atoms with Crippen LogP contribution in [0, 0.1) is 5.92 Å². The summed E-state index contributed by atoms with van der Waals surface area (Å²) in [5.41, 5.74) is 1.36. The van der Waals surface area contributed by atoms with E-state index in [2.05, 4.69) is 40.5 Å². The van der Waals surface area contributed by atoms with Crippen molar-refractivity contribution in [3.8, 4) is 0 Å². The van der Waals surface area contributed by atoms with Crippen LogP contribution in [0.5, 0.6) is 0 Å².